The van der Waals surface area contributed by atoms with E-state index in [0.29, 0.717) is 10.6 Å². The number of aliphatic hydroxyl groups is 1. The van der Waals surface area contributed by atoms with Crippen LogP contribution in [0.2, 0.25) is 15.1 Å². The first-order chi connectivity index (χ1) is 18.8. The van der Waals surface area contributed by atoms with Crippen molar-refractivity contribution in [2.75, 3.05) is 44.3 Å². The third-order valence-corrected chi connectivity index (χ3v) is 8.55. The lowest BCUT2D eigenvalue weighted by atomic mass is 10.1. The molecule has 3 aromatic rings. The molecule has 16 heteroatoms. The van der Waals surface area contributed by atoms with Gasteiger partial charge in [0.15, 0.2) is 0 Å². The molecule has 3 N–H and O–H groups in total. The van der Waals surface area contributed by atoms with Crippen LogP contribution in [0.1, 0.15) is 25.6 Å². The first-order valence-corrected chi connectivity index (χ1v) is 15.2. The lowest BCUT2D eigenvalue weighted by molar-refractivity contribution is 0.0327. The van der Waals surface area contributed by atoms with Gasteiger partial charge in [0.05, 0.1) is 34.2 Å². The number of methoxy groups -OCH3 is 1. The number of aromatic nitrogens is 1. The summed E-state index contributed by atoms with van der Waals surface area (Å²) < 4.78 is 35.3. The Bertz CT molecular complexity index is 1480. The smallest absolute Gasteiger partial charge is 0.267 e. The SMILES string of the molecule is COCC(O)COc1cc(Cl)cc(C(=O)Nc2ccc(Cl)cn2)c1NC(=O)c1scc(CN(C)S(C)(=O)=O)c1Cl. The van der Waals surface area contributed by atoms with Gasteiger partial charge in [0.25, 0.3) is 11.8 Å². The van der Waals surface area contributed by atoms with Crippen LogP contribution in [-0.2, 0) is 21.3 Å². The Morgan fingerprint density at radius 3 is 2.48 bits per heavy atom. The molecule has 2 aromatic heterocycles. The molecule has 3 rings (SSSR count). The Morgan fingerprint density at radius 2 is 1.85 bits per heavy atom. The topological polar surface area (TPSA) is 147 Å². The molecule has 2 heterocycles. The highest BCUT2D eigenvalue weighted by molar-refractivity contribution is 7.88. The van der Waals surface area contributed by atoms with Crippen LogP contribution >= 0.6 is 46.1 Å². The molecule has 0 fully saturated rings. The second-order valence-corrected chi connectivity index (χ2v) is 12.7. The fraction of sp³-hybridized carbons (Fsp3) is 0.292. The summed E-state index contributed by atoms with van der Waals surface area (Å²) in [7, 11) is -0.686. The van der Waals surface area contributed by atoms with E-state index in [1.165, 1.54) is 44.6 Å². The molecule has 11 nitrogen and oxygen atoms in total. The minimum atomic E-state index is -3.48. The number of amides is 2. The summed E-state index contributed by atoms with van der Waals surface area (Å²) in [5, 5.41) is 17.4. The second-order valence-electron chi connectivity index (χ2n) is 8.44. The number of hydrogen-bond acceptors (Lipinski definition) is 9. The largest absolute Gasteiger partial charge is 0.489 e. The standard InChI is InChI=1S/C24H25Cl3N4O7S2/c1-31(40(3,35)36)9-13-12-39-22(20(13)27)24(34)30-21-17(23(33)29-19-5-4-14(25)8-28-19)6-15(26)7-18(21)38-11-16(32)10-37-2/h4-8,12,16,32H,9-11H2,1-3H3,(H,30,34)(H,28,29,33). The number of pyridine rings is 1. The average molecular weight is 652 g/mol. The minimum Gasteiger partial charge on any atom is -0.489 e. The number of rotatable bonds is 12. The van der Waals surface area contributed by atoms with Gasteiger partial charge in [-0.05, 0) is 29.1 Å². The Kier molecular flexibility index (Phi) is 11.1. The predicted octanol–water partition coefficient (Wildman–Crippen LogP) is 4.39. The zero-order valence-electron chi connectivity index (χ0n) is 21.4. The van der Waals surface area contributed by atoms with Crippen molar-refractivity contribution in [3.8, 4) is 5.75 Å². The summed E-state index contributed by atoms with van der Waals surface area (Å²) in [5.74, 6) is -1.19. The fourth-order valence-electron chi connectivity index (χ4n) is 3.23. The maximum Gasteiger partial charge on any atom is 0.267 e. The number of anilines is 2. The third kappa shape index (κ3) is 8.51. The first kappa shape index (κ1) is 32.0. The number of benzene rings is 1. The molecule has 1 aromatic carbocycles. The number of nitrogens with one attached hydrogen (secondary N) is 2. The summed E-state index contributed by atoms with van der Waals surface area (Å²) in [6.45, 7) is -0.304. The Morgan fingerprint density at radius 1 is 1.12 bits per heavy atom. The van der Waals surface area contributed by atoms with Gasteiger partial charge in [-0.1, -0.05) is 34.8 Å². The highest BCUT2D eigenvalue weighted by atomic mass is 35.5. The van der Waals surface area contributed by atoms with E-state index in [1.807, 2.05) is 0 Å². The van der Waals surface area contributed by atoms with Crippen molar-refractivity contribution in [2.45, 2.75) is 12.6 Å². The quantitative estimate of drug-likeness (QED) is 0.261. The Balaban J connectivity index is 1.97. The van der Waals surface area contributed by atoms with Gasteiger partial charge in [-0.2, -0.15) is 0 Å². The first-order valence-electron chi connectivity index (χ1n) is 11.3. The van der Waals surface area contributed by atoms with Crippen LogP contribution in [-0.4, -0.2) is 74.4 Å². The van der Waals surface area contributed by atoms with Crippen molar-refractivity contribution in [1.29, 1.82) is 0 Å². The van der Waals surface area contributed by atoms with E-state index in [4.69, 9.17) is 44.3 Å². The van der Waals surface area contributed by atoms with Crippen molar-refractivity contribution in [3.63, 3.8) is 0 Å². The van der Waals surface area contributed by atoms with Crippen LogP contribution in [0.4, 0.5) is 11.5 Å². The zero-order valence-corrected chi connectivity index (χ0v) is 25.3. The number of carbonyl (C=O) groups excluding carboxylic acids is 2. The van der Waals surface area contributed by atoms with Gasteiger partial charge in [0.2, 0.25) is 10.0 Å². The Hall–Kier alpha value is -2.49. The molecule has 40 heavy (non-hydrogen) atoms. The van der Waals surface area contributed by atoms with Gasteiger partial charge in [0, 0.05) is 38.0 Å². The normalized spacial score (nSPS) is 12.3. The van der Waals surface area contributed by atoms with E-state index < -0.39 is 27.9 Å². The van der Waals surface area contributed by atoms with Gasteiger partial charge in [0.1, 0.15) is 29.2 Å². The number of hydrogen-bond donors (Lipinski definition) is 3. The minimum absolute atomic E-state index is 0.00469. The monoisotopic (exact) mass is 650 g/mol. The van der Waals surface area contributed by atoms with Gasteiger partial charge in [-0.15, -0.1) is 11.3 Å². The molecule has 0 aliphatic carbocycles. The average Bonchev–Trinajstić information content (AvgIpc) is 3.24. The van der Waals surface area contributed by atoms with Crippen LogP contribution in [0.25, 0.3) is 0 Å². The number of aliphatic hydroxyl groups excluding tert-OH is 1. The number of thiophene rings is 1. The van der Waals surface area contributed by atoms with Crippen molar-refractivity contribution >= 4 is 79.5 Å². The van der Waals surface area contributed by atoms with Crippen molar-refractivity contribution in [1.82, 2.24) is 9.29 Å². The van der Waals surface area contributed by atoms with Crippen LogP contribution in [0.3, 0.4) is 0 Å². The molecule has 1 atom stereocenters. The van der Waals surface area contributed by atoms with E-state index in [-0.39, 0.29) is 57.5 Å². The molecule has 0 aliphatic heterocycles. The summed E-state index contributed by atoms with van der Waals surface area (Å²) >= 11 is 19.6. The van der Waals surface area contributed by atoms with Crippen molar-refractivity contribution < 1.29 is 32.6 Å². The summed E-state index contributed by atoms with van der Waals surface area (Å²) in [6, 6.07) is 5.72. The number of halogens is 3. The molecule has 0 aliphatic rings. The fourth-order valence-corrected chi connectivity index (χ4v) is 5.17. The van der Waals surface area contributed by atoms with Crippen LogP contribution in [0.15, 0.2) is 35.8 Å². The molecule has 0 bridgehead atoms. The molecule has 216 valence electrons. The lowest BCUT2D eigenvalue weighted by Gasteiger charge is -2.18. The highest BCUT2D eigenvalue weighted by Gasteiger charge is 2.25. The van der Waals surface area contributed by atoms with Gasteiger partial charge < -0.3 is 25.2 Å². The summed E-state index contributed by atoms with van der Waals surface area (Å²) in [6.07, 6.45) is 1.39. The molecule has 0 saturated heterocycles. The lowest BCUT2D eigenvalue weighted by Crippen LogP contribution is -2.25. The number of carbonyl (C=O) groups is 2. The highest BCUT2D eigenvalue weighted by Crippen LogP contribution is 2.36. The van der Waals surface area contributed by atoms with E-state index in [1.54, 1.807) is 5.38 Å². The second kappa shape index (κ2) is 13.9. The maximum atomic E-state index is 13.3. The number of ether oxygens (including phenoxy) is 2. The van der Waals surface area contributed by atoms with Crippen LogP contribution in [0, 0.1) is 0 Å². The van der Waals surface area contributed by atoms with Gasteiger partial charge >= 0.3 is 0 Å². The number of nitrogens with zero attached hydrogens (tertiary/aromatic N) is 2. The van der Waals surface area contributed by atoms with Gasteiger partial charge in [-0.25, -0.2) is 17.7 Å². The third-order valence-electron chi connectivity index (χ3n) is 5.28. The molecule has 0 saturated carbocycles. The maximum absolute atomic E-state index is 13.3. The molecular formula is C24H25Cl3N4O7S2. The summed E-state index contributed by atoms with van der Waals surface area (Å²) in [5.41, 5.74) is 0.301. The van der Waals surface area contributed by atoms with Crippen LogP contribution < -0.4 is 15.4 Å². The Labute approximate surface area is 250 Å². The van der Waals surface area contributed by atoms with Gasteiger partial charge in [-0.3, -0.25) is 9.59 Å². The molecule has 0 radical (unpaired) electrons. The van der Waals surface area contributed by atoms with E-state index in [2.05, 4.69) is 15.6 Å². The molecule has 2 amide bonds. The predicted molar refractivity (Wildman–Crippen MR) is 156 cm³/mol. The summed E-state index contributed by atoms with van der Waals surface area (Å²) in [4.78, 5) is 30.7. The van der Waals surface area contributed by atoms with Crippen molar-refractivity contribution in [3.05, 3.63) is 66.9 Å². The molecular weight excluding hydrogens is 627 g/mol. The molecule has 1 unspecified atom stereocenters. The molecule has 0 spiro atoms. The zero-order chi connectivity index (χ0) is 29.6. The number of sulfonamides is 1. The van der Waals surface area contributed by atoms with Crippen LogP contribution in [0.5, 0.6) is 5.75 Å². The van der Waals surface area contributed by atoms with E-state index in [0.717, 1.165) is 21.9 Å². The van der Waals surface area contributed by atoms with E-state index >= 15 is 0 Å². The van der Waals surface area contributed by atoms with Crippen molar-refractivity contribution in [2.24, 2.45) is 0 Å². The van der Waals surface area contributed by atoms with E-state index in [9.17, 15) is 23.1 Å².